The van der Waals surface area contributed by atoms with E-state index < -0.39 is 0 Å². The third kappa shape index (κ3) is 5.40. The lowest BCUT2D eigenvalue weighted by Crippen LogP contribution is -2.38. The molecule has 0 bridgehead atoms. The van der Waals surface area contributed by atoms with Gasteiger partial charge < -0.3 is 16.0 Å². The maximum Gasteiger partial charge on any atom is 0.0933 e. The molecular weight excluding hydrogens is 412 g/mol. The molecule has 2 heterocycles. The van der Waals surface area contributed by atoms with Crippen molar-refractivity contribution in [3.63, 3.8) is 0 Å². The molecule has 1 aliphatic carbocycles. The van der Waals surface area contributed by atoms with Gasteiger partial charge in [0.2, 0.25) is 0 Å². The smallest absolute Gasteiger partial charge is 0.0933 e. The third-order valence-electron chi connectivity index (χ3n) is 7.05. The van der Waals surface area contributed by atoms with Crippen molar-refractivity contribution in [1.29, 1.82) is 0 Å². The van der Waals surface area contributed by atoms with Crippen molar-refractivity contribution in [3.05, 3.63) is 70.5 Å². The minimum absolute atomic E-state index is 0.699. The Morgan fingerprint density at radius 1 is 1.03 bits per heavy atom. The van der Waals surface area contributed by atoms with E-state index in [0.717, 1.165) is 35.2 Å². The minimum atomic E-state index is 0.699. The second kappa shape index (κ2) is 10.2. The molecule has 5 rings (SSSR count). The number of piperidine rings is 1. The van der Waals surface area contributed by atoms with E-state index in [-0.39, 0.29) is 0 Å². The number of hydrogen-bond acceptors (Lipinski definition) is 5. The zero-order valence-electron chi connectivity index (χ0n) is 18.7. The number of para-hydroxylation sites is 1. The van der Waals surface area contributed by atoms with Crippen LogP contribution in [-0.4, -0.2) is 42.1 Å². The molecule has 0 spiro atoms. The summed E-state index contributed by atoms with van der Waals surface area (Å²) < 4.78 is 0. The average molecular weight is 447 g/mol. The number of nitrogens with zero attached hydrogens (tertiary/aromatic N) is 2. The van der Waals surface area contributed by atoms with Gasteiger partial charge in [0.1, 0.15) is 0 Å². The van der Waals surface area contributed by atoms with Crippen LogP contribution in [0.1, 0.15) is 42.2 Å². The topological polar surface area (TPSA) is 54.2 Å². The SMILES string of the molecule is Nc1ccccc1-c1csc(CCCN2CCC(CNC3CC3c3ccccc3)CC2)n1. The fourth-order valence-corrected chi connectivity index (χ4v) is 5.80. The molecule has 1 saturated carbocycles. The maximum absolute atomic E-state index is 6.10. The molecule has 168 valence electrons. The van der Waals surface area contributed by atoms with Crippen LogP contribution in [0.15, 0.2) is 60.0 Å². The van der Waals surface area contributed by atoms with E-state index in [0.29, 0.717) is 6.04 Å². The van der Waals surface area contributed by atoms with Crippen LogP contribution in [0.25, 0.3) is 11.3 Å². The van der Waals surface area contributed by atoms with Gasteiger partial charge in [0.25, 0.3) is 0 Å². The Kier molecular flexibility index (Phi) is 6.86. The number of nitrogens with one attached hydrogen (secondary N) is 1. The molecule has 2 aromatic carbocycles. The van der Waals surface area contributed by atoms with Gasteiger partial charge in [-0.05, 0) is 69.4 Å². The Morgan fingerprint density at radius 2 is 1.81 bits per heavy atom. The number of thiazole rings is 1. The Bertz CT molecular complexity index is 994. The largest absolute Gasteiger partial charge is 0.398 e. The quantitative estimate of drug-likeness (QED) is 0.445. The molecule has 3 aromatic rings. The van der Waals surface area contributed by atoms with Crippen molar-refractivity contribution in [2.75, 3.05) is 31.9 Å². The molecule has 2 aliphatic rings. The highest BCUT2D eigenvalue weighted by atomic mass is 32.1. The fourth-order valence-electron chi connectivity index (χ4n) is 4.96. The normalized spacial score (nSPS) is 21.6. The molecule has 0 amide bonds. The molecule has 32 heavy (non-hydrogen) atoms. The summed E-state index contributed by atoms with van der Waals surface area (Å²) in [5, 5.41) is 7.20. The molecule has 2 unspecified atom stereocenters. The molecule has 0 radical (unpaired) electrons. The number of hydrogen-bond donors (Lipinski definition) is 2. The summed E-state index contributed by atoms with van der Waals surface area (Å²) in [6, 6.07) is 19.7. The van der Waals surface area contributed by atoms with E-state index in [1.807, 2.05) is 18.2 Å². The number of nitrogen functional groups attached to an aromatic ring is 1. The zero-order valence-corrected chi connectivity index (χ0v) is 19.6. The van der Waals surface area contributed by atoms with Crippen LogP contribution in [0.4, 0.5) is 5.69 Å². The summed E-state index contributed by atoms with van der Waals surface area (Å²) in [7, 11) is 0. The summed E-state index contributed by atoms with van der Waals surface area (Å²) in [6.45, 7) is 4.85. The van der Waals surface area contributed by atoms with E-state index in [9.17, 15) is 0 Å². The average Bonchev–Trinajstić information content (AvgIpc) is 3.47. The summed E-state index contributed by atoms with van der Waals surface area (Å²) >= 11 is 1.76. The van der Waals surface area contributed by atoms with Crippen LogP contribution in [0, 0.1) is 5.92 Å². The molecule has 2 fully saturated rings. The van der Waals surface area contributed by atoms with E-state index >= 15 is 0 Å². The highest BCUT2D eigenvalue weighted by Gasteiger charge is 2.38. The molecule has 1 saturated heterocycles. The lowest BCUT2D eigenvalue weighted by Gasteiger charge is -2.32. The zero-order chi connectivity index (χ0) is 21.8. The van der Waals surface area contributed by atoms with Gasteiger partial charge in [0, 0.05) is 35.0 Å². The van der Waals surface area contributed by atoms with Crippen LogP contribution < -0.4 is 11.1 Å². The Hall–Kier alpha value is -2.21. The number of benzene rings is 2. The van der Waals surface area contributed by atoms with Crippen LogP contribution >= 0.6 is 11.3 Å². The van der Waals surface area contributed by atoms with Crippen LogP contribution in [0.2, 0.25) is 0 Å². The van der Waals surface area contributed by atoms with Gasteiger partial charge in [-0.15, -0.1) is 11.3 Å². The van der Waals surface area contributed by atoms with Crippen LogP contribution in [-0.2, 0) is 6.42 Å². The molecule has 2 atom stereocenters. The second-order valence-corrected chi connectivity index (χ2v) is 10.3. The van der Waals surface area contributed by atoms with Gasteiger partial charge in [0.15, 0.2) is 0 Å². The highest BCUT2D eigenvalue weighted by Crippen LogP contribution is 2.40. The number of likely N-dealkylation sites (tertiary alicyclic amines) is 1. The molecule has 1 aliphatic heterocycles. The standard InChI is InChI=1S/C27H34N4S/c28-24-10-5-4-9-22(24)26-19-32-27(30-26)11-6-14-31-15-12-20(13-16-31)18-29-25-17-23(25)21-7-2-1-3-8-21/h1-5,7-10,19-20,23,25,29H,6,11-18,28H2. The van der Waals surface area contributed by atoms with E-state index in [1.165, 1.54) is 62.4 Å². The molecular formula is C27H34N4S. The monoisotopic (exact) mass is 446 g/mol. The van der Waals surface area contributed by atoms with Gasteiger partial charge in [-0.25, -0.2) is 4.98 Å². The molecule has 1 aromatic heterocycles. The van der Waals surface area contributed by atoms with Crippen LogP contribution in [0.3, 0.4) is 0 Å². The first kappa shape index (κ1) is 21.6. The number of rotatable bonds is 9. The first-order valence-electron chi connectivity index (χ1n) is 12.1. The predicted molar refractivity (Wildman–Crippen MR) is 135 cm³/mol. The van der Waals surface area contributed by atoms with Crippen molar-refractivity contribution in [2.45, 2.75) is 44.1 Å². The highest BCUT2D eigenvalue weighted by molar-refractivity contribution is 7.09. The first-order chi connectivity index (χ1) is 15.8. The number of aryl methyl sites for hydroxylation is 1. The van der Waals surface area contributed by atoms with Gasteiger partial charge in [-0.2, -0.15) is 0 Å². The predicted octanol–water partition coefficient (Wildman–Crippen LogP) is 5.18. The lowest BCUT2D eigenvalue weighted by molar-refractivity contribution is 0.180. The first-order valence-corrected chi connectivity index (χ1v) is 12.9. The van der Waals surface area contributed by atoms with E-state index in [2.05, 4.69) is 52.0 Å². The van der Waals surface area contributed by atoms with Gasteiger partial charge in [-0.3, -0.25) is 0 Å². The van der Waals surface area contributed by atoms with Gasteiger partial charge in [0.05, 0.1) is 10.7 Å². The second-order valence-electron chi connectivity index (χ2n) is 9.37. The summed E-state index contributed by atoms with van der Waals surface area (Å²) in [5.41, 5.74) is 10.5. The van der Waals surface area contributed by atoms with Crippen molar-refractivity contribution in [1.82, 2.24) is 15.2 Å². The minimum Gasteiger partial charge on any atom is -0.398 e. The van der Waals surface area contributed by atoms with Gasteiger partial charge in [-0.1, -0.05) is 48.5 Å². The molecule has 5 heteroatoms. The van der Waals surface area contributed by atoms with Crippen LogP contribution in [0.5, 0.6) is 0 Å². The van der Waals surface area contributed by atoms with Crippen molar-refractivity contribution >= 4 is 17.0 Å². The van der Waals surface area contributed by atoms with E-state index in [4.69, 9.17) is 10.7 Å². The number of nitrogens with two attached hydrogens (primary N) is 1. The van der Waals surface area contributed by atoms with E-state index in [1.54, 1.807) is 11.3 Å². The molecule has 3 N–H and O–H groups in total. The Balaban J connectivity index is 0.987. The lowest BCUT2D eigenvalue weighted by atomic mass is 9.96. The summed E-state index contributed by atoms with van der Waals surface area (Å²) in [5.74, 6) is 1.57. The Labute approximate surface area is 195 Å². The fraction of sp³-hybridized carbons (Fsp3) is 0.444. The number of anilines is 1. The van der Waals surface area contributed by atoms with Crippen molar-refractivity contribution in [2.24, 2.45) is 5.92 Å². The maximum atomic E-state index is 6.10. The van der Waals surface area contributed by atoms with Gasteiger partial charge >= 0.3 is 0 Å². The summed E-state index contributed by atoms with van der Waals surface area (Å²) in [6.07, 6.45) is 6.19. The Morgan fingerprint density at radius 3 is 2.62 bits per heavy atom. The van der Waals surface area contributed by atoms with Crippen molar-refractivity contribution < 1.29 is 0 Å². The third-order valence-corrected chi connectivity index (χ3v) is 7.96. The molecule has 4 nitrogen and oxygen atoms in total. The summed E-state index contributed by atoms with van der Waals surface area (Å²) in [4.78, 5) is 7.47. The number of aromatic nitrogens is 1. The van der Waals surface area contributed by atoms with Crippen molar-refractivity contribution in [3.8, 4) is 11.3 Å².